The van der Waals surface area contributed by atoms with E-state index in [0.717, 1.165) is 44.2 Å². The van der Waals surface area contributed by atoms with Crippen molar-refractivity contribution in [1.29, 1.82) is 0 Å². The van der Waals surface area contributed by atoms with Gasteiger partial charge in [0.05, 0.1) is 0 Å². The summed E-state index contributed by atoms with van der Waals surface area (Å²) in [5, 5.41) is 2.26. The fraction of sp³-hybridized carbons (Fsp3) is 0.0244. The van der Waals surface area contributed by atoms with Gasteiger partial charge in [0.1, 0.15) is 11.2 Å². The maximum atomic E-state index is 6.36. The van der Waals surface area contributed by atoms with E-state index in [2.05, 4.69) is 128 Å². The van der Waals surface area contributed by atoms with Crippen LogP contribution in [-0.2, 0) is 0 Å². The second kappa shape index (κ2) is 9.51. The van der Waals surface area contributed by atoms with Crippen LogP contribution in [0, 0.1) is 19.3 Å². The largest absolute Gasteiger partial charge is 0.456 e. The molecule has 8 rings (SSSR count). The van der Waals surface area contributed by atoms with Crippen LogP contribution in [0.15, 0.2) is 138 Å². The predicted molar refractivity (Wildman–Crippen MR) is 176 cm³/mol. The Morgan fingerprint density at radius 1 is 0.524 bits per heavy atom. The quantitative estimate of drug-likeness (QED) is 0.206. The van der Waals surface area contributed by atoms with Crippen LogP contribution in [-0.4, -0.2) is 0 Å². The highest BCUT2D eigenvalue weighted by atomic mass is 16.3. The number of terminal acetylenes is 1. The summed E-state index contributed by atoms with van der Waals surface area (Å²) >= 11 is 0. The third-order valence-electron chi connectivity index (χ3n) is 8.47. The molecule has 6 aromatic carbocycles. The smallest absolute Gasteiger partial charge is 0.136 e. The average Bonchev–Trinajstić information content (AvgIpc) is 3.58. The SMILES string of the molecule is C#CC=C1c2c(C)cccc2-c2c1c(-c1ccccc1)cc(-c1ccc3c(c1)oc1ccccc13)c2-c1ccccc1. The van der Waals surface area contributed by atoms with Gasteiger partial charge in [-0.15, -0.1) is 6.42 Å². The molecule has 42 heavy (non-hydrogen) atoms. The Bertz CT molecular complexity index is 2240. The number of allylic oxidation sites excluding steroid dienone is 1. The molecular weight excluding hydrogens is 508 g/mol. The first kappa shape index (κ1) is 24.2. The van der Waals surface area contributed by atoms with Gasteiger partial charge in [-0.2, -0.15) is 0 Å². The van der Waals surface area contributed by atoms with Crippen LogP contribution in [0.4, 0.5) is 0 Å². The first-order valence-electron chi connectivity index (χ1n) is 14.2. The molecule has 196 valence electrons. The highest BCUT2D eigenvalue weighted by Gasteiger charge is 2.32. The molecule has 0 saturated heterocycles. The molecule has 0 spiro atoms. The Morgan fingerprint density at radius 2 is 1.21 bits per heavy atom. The number of hydrogen-bond donors (Lipinski definition) is 0. The van der Waals surface area contributed by atoms with E-state index in [9.17, 15) is 0 Å². The summed E-state index contributed by atoms with van der Waals surface area (Å²) in [6.07, 6.45) is 7.92. The van der Waals surface area contributed by atoms with Crippen molar-refractivity contribution >= 4 is 27.5 Å². The first-order valence-corrected chi connectivity index (χ1v) is 14.2. The van der Waals surface area contributed by atoms with Crippen LogP contribution < -0.4 is 0 Å². The molecule has 0 saturated carbocycles. The summed E-state index contributed by atoms with van der Waals surface area (Å²) in [7, 11) is 0. The predicted octanol–water partition coefficient (Wildman–Crippen LogP) is 10.9. The highest BCUT2D eigenvalue weighted by molar-refractivity contribution is 6.15. The van der Waals surface area contributed by atoms with Gasteiger partial charge in [0.15, 0.2) is 0 Å². The number of rotatable bonds is 3. The molecule has 1 aliphatic rings. The Hall–Kier alpha value is -5.58. The number of para-hydroxylation sites is 1. The number of hydrogen-bond acceptors (Lipinski definition) is 1. The first-order chi connectivity index (χ1) is 20.7. The van der Waals surface area contributed by atoms with Gasteiger partial charge in [-0.25, -0.2) is 0 Å². The van der Waals surface area contributed by atoms with Crippen molar-refractivity contribution in [2.45, 2.75) is 6.92 Å². The van der Waals surface area contributed by atoms with Gasteiger partial charge < -0.3 is 4.42 Å². The molecule has 0 N–H and O–H groups in total. The number of aryl methyl sites for hydroxylation is 1. The lowest BCUT2D eigenvalue weighted by molar-refractivity contribution is 0.669. The molecule has 1 heterocycles. The normalized spacial score (nSPS) is 12.9. The molecule has 0 unspecified atom stereocenters. The van der Waals surface area contributed by atoms with E-state index in [1.165, 1.54) is 44.5 Å². The van der Waals surface area contributed by atoms with Crippen molar-refractivity contribution < 1.29 is 4.42 Å². The van der Waals surface area contributed by atoms with E-state index in [0.29, 0.717) is 0 Å². The van der Waals surface area contributed by atoms with Gasteiger partial charge in [0.2, 0.25) is 0 Å². The minimum Gasteiger partial charge on any atom is -0.456 e. The third-order valence-corrected chi connectivity index (χ3v) is 8.47. The van der Waals surface area contributed by atoms with Crippen molar-refractivity contribution in [3.63, 3.8) is 0 Å². The summed E-state index contributed by atoms with van der Waals surface area (Å²) in [5.41, 5.74) is 15.9. The molecule has 0 radical (unpaired) electrons. The van der Waals surface area contributed by atoms with Crippen LogP contribution in [0.2, 0.25) is 0 Å². The van der Waals surface area contributed by atoms with E-state index in [1.54, 1.807) is 0 Å². The zero-order valence-corrected chi connectivity index (χ0v) is 23.2. The summed E-state index contributed by atoms with van der Waals surface area (Å²) in [6, 6.07) is 45.2. The van der Waals surface area contributed by atoms with Crippen LogP contribution in [0.1, 0.15) is 16.7 Å². The van der Waals surface area contributed by atoms with E-state index in [4.69, 9.17) is 10.8 Å². The molecule has 0 aliphatic heterocycles. The van der Waals surface area contributed by atoms with Gasteiger partial charge in [0.25, 0.3) is 0 Å². The maximum absolute atomic E-state index is 6.36. The molecular formula is C41H26O. The van der Waals surface area contributed by atoms with Crippen LogP contribution >= 0.6 is 0 Å². The van der Waals surface area contributed by atoms with E-state index in [1.807, 2.05) is 18.2 Å². The molecule has 7 aromatic rings. The number of benzene rings is 6. The Kier molecular flexibility index (Phi) is 5.49. The fourth-order valence-electron chi connectivity index (χ4n) is 6.69. The molecule has 1 aliphatic carbocycles. The topological polar surface area (TPSA) is 13.1 Å². The molecule has 0 fully saturated rings. The fourth-order valence-corrected chi connectivity index (χ4v) is 6.69. The van der Waals surface area contributed by atoms with Crippen molar-refractivity contribution in [3.8, 4) is 56.9 Å². The third kappa shape index (κ3) is 3.59. The zero-order chi connectivity index (χ0) is 28.2. The summed E-state index contributed by atoms with van der Waals surface area (Å²) < 4.78 is 6.36. The molecule has 0 amide bonds. The summed E-state index contributed by atoms with van der Waals surface area (Å²) in [6.45, 7) is 2.18. The molecule has 0 bridgehead atoms. The van der Waals surface area contributed by atoms with Gasteiger partial charge in [-0.05, 0) is 104 Å². The maximum Gasteiger partial charge on any atom is 0.136 e. The minimum atomic E-state index is 0.888. The minimum absolute atomic E-state index is 0.888. The number of fused-ring (bicyclic) bond motifs is 6. The van der Waals surface area contributed by atoms with Crippen molar-refractivity contribution in [2.75, 3.05) is 0 Å². The van der Waals surface area contributed by atoms with Crippen molar-refractivity contribution in [3.05, 3.63) is 150 Å². The summed E-state index contributed by atoms with van der Waals surface area (Å²) in [4.78, 5) is 0. The van der Waals surface area contributed by atoms with E-state index >= 15 is 0 Å². The van der Waals surface area contributed by atoms with Gasteiger partial charge in [0, 0.05) is 10.8 Å². The molecule has 1 nitrogen and oxygen atoms in total. The van der Waals surface area contributed by atoms with E-state index < -0.39 is 0 Å². The van der Waals surface area contributed by atoms with E-state index in [-0.39, 0.29) is 0 Å². The second-order valence-corrected chi connectivity index (χ2v) is 10.9. The zero-order valence-electron chi connectivity index (χ0n) is 23.2. The highest BCUT2D eigenvalue weighted by Crippen LogP contribution is 2.56. The number of furan rings is 1. The average molecular weight is 535 g/mol. The summed E-state index contributed by atoms with van der Waals surface area (Å²) in [5.74, 6) is 2.86. The van der Waals surface area contributed by atoms with Gasteiger partial charge >= 0.3 is 0 Å². The Balaban J connectivity index is 1.54. The second-order valence-electron chi connectivity index (χ2n) is 10.9. The molecule has 0 atom stereocenters. The Morgan fingerprint density at radius 3 is 2.00 bits per heavy atom. The van der Waals surface area contributed by atoms with Crippen molar-refractivity contribution in [2.24, 2.45) is 0 Å². The van der Waals surface area contributed by atoms with Crippen LogP contribution in [0.5, 0.6) is 0 Å². The molecule has 1 aromatic heterocycles. The monoisotopic (exact) mass is 534 g/mol. The van der Waals surface area contributed by atoms with Crippen molar-refractivity contribution in [1.82, 2.24) is 0 Å². The molecule has 1 heteroatoms. The van der Waals surface area contributed by atoms with Gasteiger partial charge in [-0.1, -0.05) is 109 Å². The lowest BCUT2D eigenvalue weighted by atomic mass is 9.82. The van der Waals surface area contributed by atoms with Crippen LogP contribution in [0.25, 0.3) is 72.0 Å². The van der Waals surface area contributed by atoms with Crippen LogP contribution in [0.3, 0.4) is 0 Å². The lowest BCUT2D eigenvalue weighted by Crippen LogP contribution is -1.96. The Labute approximate surface area is 245 Å². The lowest BCUT2D eigenvalue weighted by Gasteiger charge is -2.20. The van der Waals surface area contributed by atoms with Gasteiger partial charge in [-0.3, -0.25) is 0 Å². The standard InChI is InChI=1S/C41H26O/c1-3-13-32-38-26(2)14-12-20-33(38)41-39(28-17-8-5-9-18-28)35(25-34(40(32)41)27-15-6-4-7-16-27)29-22-23-31-30-19-10-11-21-36(30)42-37(31)24-29/h1,4-25H,2H3.